The van der Waals surface area contributed by atoms with Gasteiger partial charge >= 0.3 is 5.97 Å². The molecule has 0 aromatic heterocycles. The van der Waals surface area contributed by atoms with Crippen molar-refractivity contribution >= 4 is 18.0 Å². The number of aliphatic carboxylic acids is 1. The van der Waals surface area contributed by atoms with Gasteiger partial charge in [0.15, 0.2) is 0 Å². The maximum absolute atomic E-state index is 12.3. The van der Waals surface area contributed by atoms with Crippen molar-refractivity contribution in [2.75, 3.05) is 13.7 Å². The molecule has 5 nitrogen and oxygen atoms in total. The summed E-state index contributed by atoms with van der Waals surface area (Å²) in [5.41, 5.74) is 2.00. The SMILES string of the molecule is CCC(COC)NC(=O)c1cccc(C=CC(=O)O)c1C. The molecule has 1 aromatic carbocycles. The Kier molecular flexibility index (Phi) is 6.62. The van der Waals surface area contributed by atoms with Gasteiger partial charge in [-0.1, -0.05) is 19.1 Å². The number of rotatable bonds is 7. The summed E-state index contributed by atoms with van der Waals surface area (Å²) in [6.07, 6.45) is 3.32. The minimum absolute atomic E-state index is 0.0416. The number of ether oxygens (including phenoxy) is 1. The number of carboxylic acids is 1. The molecule has 1 aromatic rings. The quantitative estimate of drug-likeness (QED) is 0.755. The van der Waals surface area contributed by atoms with Crippen LogP contribution in [0.25, 0.3) is 6.08 Å². The van der Waals surface area contributed by atoms with Gasteiger partial charge in [0.25, 0.3) is 5.91 Å². The van der Waals surface area contributed by atoms with E-state index in [2.05, 4.69) is 5.32 Å². The lowest BCUT2D eigenvalue weighted by atomic mass is 10.0. The van der Waals surface area contributed by atoms with Crippen LogP contribution in [0.4, 0.5) is 0 Å². The average molecular weight is 291 g/mol. The Labute approximate surface area is 124 Å². The van der Waals surface area contributed by atoms with Crippen LogP contribution in [0.15, 0.2) is 24.3 Å². The van der Waals surface area contributed by atoms with Gasteiger partial charge in [0.1, 0.15) is 0 Å². The van der Waals surface area contributed by atoms with Crippen molar-refractivity contribution in [1.29, 1.82) is 0 Å². The van der Waals surface area contributed by atoms with Gasteiger partial charge in [-0.15, -0.1) is 0 Å². The van der Waals surface area contributed by atoms with Crippen molar-refractivity contribution in [3.8, 4) is 0 Å². The summed E-state index contributed by atoms with van der Waals surface area (Å²) < 4.78 is 5.06. The molecule has 0 saturated carbocycles. The zero-order chi connectivity index (χ0) is 15.8. The highest BCUT2D eigenvalue weighted by Gasteiger charge is 2.14. The van der Waals surface area contributed by atoms with E-state index in [0.29, 0.717) is 17.7 Å². The van der Waals surface area contributed by atoms with E-state index < -0.39 is 5.97 Å². The third-order valence-corrected chi connectivity index (χ3v) is 3.22. The van der Waals surface area contributed by atoms with E-state index in [-0.39, 0.29) is 11.9 Å². The normalized spacial score (nSPS) is 12.3. The number of carbonyl (C=O) groups is 2. The lowest BCUT2D eigenvalue weighted by Gasteiger charge is -2.17. The topological polar surface area (TPSA) is 75.6 Å². The predicted octanol–water partition coefficient (Wildman–Crippen LogP) is 2.25. The second-order valence-corrected chi connectivity index (χ2v) is 4.73. The fourth-order valence-electron chi connectivity index (χ4n) is 1.97. The van der Waals surface area contributed by atoms with Crippen LogP contribution in [-0.2, 0) is 9.53 Å². The van der Waals surface area contributed by atoms with E-state index in [1.807, 2.05) is 6.92 Å². The van der Waals surface area contributed by atoms with Crippen molar-refractivity contribution in [3.05, 3.63) is 41.0 Å². The van der Waals surface area contributed by atoms with E-state index in [4.69, 9.17) is 9.84 Å². The molecule has 2 N–H and O–H groups in total. The molecule has 0 radical (unpaired) electrons. The van der Waals surface area contributed by atoms with Crippen molar-refractivity contribution < 1.29 is 19.4 Å². The summed E-state index contributed by atoms with van der Waals surface area (Å²) in [4.78, 5) is 22.9. The fourth-order valence-corrected chi connectivity index (χ4v) is 1.97. The maximum Gasteiger partial charge on any atom is 0.328 e. The molecule has 1 rings (SSSR count). The molecule has 0 heterocycles. The zero-order valence-corrected chi connectivity index (χ0v) is 12.6. The minimum Gasteiger partial charge on any atom is -0.478 e. The van der Waals surface area contributed by atoms with Gasteiger partial charge in [-0.25, -0.2) is 4.79 Å². The molecule has 0 aliphatic carbocycles. The highest BCUT2D eigenvalue weighted by molar-refractivity contribution is 5.97. The van der Waals surface area contributed by atoms with E-state index in [9.17, 15) is 9.59 Å². The van der Waals surface area contributed by atoms with Gasteiger partial charge in [0.2, 0.25) is 0 Å². The molecule has 21 heavy (non-hydrogen) atoms. The van der Waals surface area contributed by atoms with Crippen molar-refractivity contribution in [2.24, 2.45) is 0 Å². The highest BCUT2D eigenvalue weighted by Crippen LogP contribution is 2.15. The molecule has 0 bridgehead atoms. The van der Waals surface area contributed by atoms with Gasteiger partial charge < -0.3 is 15.2 Å². The van der Waals surface area contributed by atoms with Gasteiger partial charge in [0, 0.05) is 18.7 Å². The molecule has 0 aliphatic heterocycles. The molecule has 0 saturated heterocycles. The van der Waals surface area contributed by atoms with Gasteiger partial charge in [-0.05, 0) is 36.6 Å². The second kappa shape index (κ2) is 8.21. The first-order valence-electron chi connectivity index (χ1n) is 6.80. The summed E-state index contributed by atoms with van der Waals surface area (Å²) in [5.74, 6) is -1.20. The third kappa shape index (κ3) is 5.04. The maximum atomic E-state index is 12.3. The number of carbonyl (C=O) groups excluding carboxylic acids is 1. The number of hydrogen-bond acceptors (Lipinski definition) is 3. The van der Waals surface area contributed by atoms with Gasteiger partial charge in [-0.2, -0.15) is 0 Å². The number of benzene rings is 1. The predicted molar refractivity (Wildman–Crippen MR) is 81.3 cm³/mol. The van der Waals surface area contributed by atoms with Crippen LogP contribution in [0.3, 0.4) is 0 Å². The highest BCUT2D eigenvalue weighted by atomic mass is 16.5. The molecule has 1 amide bonds. The van der Waals surface area contributed by atoms with Gasteiger partial charge in [0.05, 0.1) is 12.6 Å². The number of carboxylic acid groups (broad SMARTS) is 1. The smallest absolute Gasteiger partial charge is 0.328 e. The molecule has 0 spiro atoms. The van der Waals surface area contributed by atoms with Crippen molar-refractivity contribution in [3.63, 3.8) is 0 Å². The lowest BCUT2D eigenvalue weighted by Crippen LogP contribution is -2.37. The largest absolute Gasteiger partial charge is 0.478 e. The van der Waals surface area contributed by atoms with Gasteiger partial charge in [-0.3, -0.25) is 4.79 Å². The summed E-state index contributed by atoms with van der Waals surface area (Å²) >= 11 is 0. The van der Waals surface area contributed by atoms with Crippen LogP contribution in [0.2, 0.25) is 0 Å². The Bertz CT molecular complexity index is 537. The summed E-state index contributed by atoms with van der Waals surface area (Å²) in [5, 5.41) is 11.6. The number of methoxy groups -OCH3 is 1. The first-order valence-corrected chi connectivity index (χ1v) is 6.80. The Morgan fingerprint density at radius 2 is 2.14 bits per heavy atom. The molecule has 5 heteroatoms. The standard InChI is InChI=1S/C16H21NO4/c1-4-13(10-21-3)17-16(20)14-7-5-6-12(11(14)2)8-9-15(18)19/h5-9,13H,4,10H2,1-3H3,(H,17,20)(H,18,19). The first-order chi connectivity index (χ1) is 9.99. The monoisotopic (exact) mass is 291 g/mol. The van der Waals surface area contributed by atoms with E-state index in [1.54, 1.807) is 32.2 Å². The molecular weight excluding hydrogens is 270 g/mol. The molecule has 0 fully saturated rings. The number of amides is 1. The Morgan fingerprint density at radius 1 is 1.43 bits per heavy atom. The van der Waals surface area contributed by atoms with Crippen LogP contribution >= 0.6 is 0 Å². The number of hydrogen-bond donors (Lipinski definition) is 2. The second-order valence-electron chi connectivity index (χ2n) is 4.73. The molecular formula is C16H21NO4. The summed E-state index contributed by atoms with van der Waals surface area (Å²) in [6, 6.07) is 5.20. The van der Waals surface area contributed by atoms with Crippen molar-refractivity contribution in [1.82, 2.24) is 5.32 Å². The Balaban J connectivity index is 2.95. The Morgan fingerprint density at radius 3 is 2.71 bits per heavy atom. The molecule has 1 atom stereocenters. The van der Waals surface area contributed by atoms with Crippen LogP contribution in [-0.4, -0.2) is 36.7 Å². The third-order valence-electron chi connectivity index (χ3n) is 3.22. The first kappa shape index (κ1) is 16.9. The molecule has 0 aliphatic rings. The van der Waals surface area contributed by atoms with Crippen LogP contribution in [0, 0.1) is 6.92 Å². The Hall–Kier alpha value is -2.14. The average Bonchev–Trinajstić information content (AvgIpc) is 2.45. The lowest BCUT2D eigenvalue weighted by molar-refractivity contribution is -0.131. The summed E-state index contributed by atoms with van der Waals surface area (Å²) in [6.45, 7) is 4.23. The summed E-state index contributed by atoms with van der Waals surface area (Å²) in [7, 11) is 1.59. The van der Waals surface area contributed by atoms with Crippen LogP contribution < -0.4 is 5.32 Å². The van der Waals surface area contributed by atoms with Crippen LogP contribution in [0.5, 0.6) is 0 Å². The van der Waals surface area contributed by atoms with E-state index in [0.717, 1.165) is 18.1 Å². The van der Waals surface area contributed by atoms with E-state index >= 15 is 0 Å². The van der Waals surface area contributed by atoms with Crippen LogP contribution in [0.1, 0.15) is 34.8 Å². The molecule has 114 valence electrons. The fraction of sp³-hybridized carbons (Fsp3) is 0.375. The van der Waals surface area contributed by atoms with Crippen molar-refractivity contribution in [2.45, 2.75) is 26.3 Å². The minimum atomic E-state index is -1.02. The van der Waals surface area contributed by atoms with E-state index in [1.165, 1.54) is 6.08 Å². The molecule has 1 unspecified atom stereocenters. The zero-order valence-electron chi connectivity index (χ0n) is 12.6. The number of nitrogens with one attached hydrogen (secondary N) is 1.